The predicted octanol–water partition coefficient (Wildman–Crippen LogP) is 2.23. The molecule has 0 aliphatic carbocycles. The number of nitrogens with one attached hydrogen (secondary N) is 1. The third kappa shape index (κ3) is 2.22. The van der Waals surface area contributed by atoms with E-state index in [9.17, 15) is 0 Å². The molecule has 0 spiro atoms. The number of hydrogen-bond acceptors (Lipinski definition) is 4. The Labute approximate surface area is 92.4 Å². The van der Waals surface area contributed by atoms with Gasteiger partial charge in [-0.05, 0) is 12.1 Å². The van der Waals surface area contributed by atoms with Crippen LogP contribution in [-0.2, 0) is 0 Å². The van der Waals surface area contributed by atoms with E-state index in [0.29, 0.717) is 16.8 Å². The van der Waals surface area contributed by atoms with Crippen LogP contribution in [0.1, 0.15) is 0 Å². The van der Waals surface area contributed by atoms with Crippen molar-refractivity contribution < 1.29 is 0 Å². The molecule has 0 amide bonds. The lowest BCUT2D eigenvalue weighted by atomic mass is 10.2. The molecule has 0 aromatic carbocycles. The van der Waals surface area contributed by atoms with Crippen molar-refractivity contribution in [1.82, 2.24) is 15.0 Å². The molecular weight excluding hydrogens is 212 g/mol. The smallest absolute Gasteiger partial charge is 0.224 e. The van der Waals surface area contributed by atoms with Crippen LogP contribution in [0.15, 0.2) is 30.5 Å². The number of anilines is 1. The van der Waals surface area contributed by atoms with E-state index in [2.05, 4.69) is 20.3 Å². The molecule has 0 fully saturated rings. The van der Waals surface area contributed by atoms with Crippen molar-refractivity contribution in [3.63, 3.8) is 0 Å². The van der Waals surface area contributed by atoms with Gasteiger partial charge in [0.1, 0.15) is 5.15 Å². The number of hydrogen-bond donors (Lipinski definition) is 1. The Morgan fingerprint density at radius 1 is 1.20 bits per heavy atom. The van der Waals surface area contributed by atoms with Crippen LogP contribution in [0.25, 0.3) is 11.4 Å². The highest BCUT2D eigenvalue weighted by Gasteiger charge is 2.04. The van der Waals surface area contributed by atoms with Gasteiger partial charge in [0, 0.05) is 19.3 Å². The third-order valence-electron chi connectivity index (χ3n) is 1.85. The molecule has 76 valence electrons. The summed E-state index contributed by atoms with van der Waals surface area (Å²) in [4.78, 5) is 12.4. The molecule has 0 unspecified atom stereocenters. The highest BCUT2D eigenvalue weighted by Crippen LogP contribution is 2.18. The molecule has 0 radical (unpaired) electrons. The summed E-state index contributed by atoms with van der Waals surface area (Å²) in [5, 5.41) is 3.24. The van der Waals surface area contributed by atoms with Crippen molar-refractivity contribution in [1.29, 1.82) is 0 Å². The summed E-state index contributed by atoms with van der Waals surface area (Å²) in [6, 6.07) is 7.31. The standard InChI is InChI=1S/C10H9ClN4/c1-12-10-14-8(6-9(11)15-10)7-4-2-3-5-13-7/h2-6H,1H3,(H,12,14,15). The summed E-state index contributed by atoms with van der Waals surface area (Å²) < 4.78 is 0. The second-order valence-electron chi connectivity index (χ2n) is 2.86. The first-order valence-electron chi connectivity index (χ1n) is 4.43. The van der Waals surface area contributed by atoms with E-state index in [1.807, 2.05) is 18.2 Å². The van der Waals surface area contributed by atoms with Crippen molar-refractivity contribution in [3.8, 4) is 11.4 Å². The molecule has 2 heterocycles. The van der Waals surface area contributed by atoms with Gasteiger partial charge in [0.25, 0.3) is 0 Å². The predicted molar refractivity (Wildman–Crippen MR) is 59.8 cm³/mol. The largest absolute Gasteiger partial charge is 0.357 e. The van der Waals surface area contributed by atoms with E-state index >= 15 is 0 Å². The quantitative estimate of drug-likeness (QED) is 0.789. The van der Waals surface area contributed by atoms with Crippen LogP contribution in [0.4, 0.5) is 5.95 Å². The lowest BCUT2D eigenvalue weighted by Gasteiger charge is -2.03. The van der Waals surface area contributed by atoms with Gasteiger partial charge in [0.2, 0.25) is 5.95 Å². The van der Waals surface area contributed by atoms with Crippen molar-refractivity contribution in [2.45, 2.75) is 0 Å². The van der Waals surface area contributed by atoms with Gasteiger partial charge in [0.15, 0.2) is 0 Å². The van der Waals surface area contributed by atoms with Crippen LogP contribution >= 0.6 is 11.6 Å². The summed E-state index contributed by atoms with van der Waals surface area (Å²) in [7, 11) is 1.74. The topological polar surface area (TPSA) is 50.7 Å². The average molecular weight is 221 g/mol. The molecule has 0 aliphatic heterocycles. The minimum absolute atomic E-state index is 0.398. The van der Waals surface area contributed by atoms with Crippen molar-refractivity contribution in [2.24, 2.45) is 0 Å². The first-order chi connectivity index (χ1) is 7.29. The number of halogens is 1. The van der Waals surface area contributed by atoms with Gasteiger partial charge in [-0.15, -0.1) is 0 Å². The van der Waals surface area contributed by atoms with Crippen LogP contribution in [0, 0.1) is 0 Å². The summed E-state index contributed by atoms with van der Waals surface area (Å²) in [6.45, 7) is 0. The van der Waals surface area contributed by atoms with Gasteiger partial charge >= 0.3 is 0 Å². The Bertz CT molecular complexity index is 458. The SMILES string of the molecule is CNc1nc(Cl)cc(-c2ccccn2)n1. The summed E-state index contributed by atoms with van der Waals surface area (Å²) in [5.74, 6) is 0.489. The molecule has 1 N–H and O–H groups in total. The first kappa shape index (κ1) is 9.86. The maximum Gasteiger partial charge on any atom is 0.224 e. The number of rotatable bonds is 2. The maximum atomic E-state index is 5.86. The van der Waals surface area contributed by atoms with E-state index in [1.54, 1.807) is 19.3 Å². The molecule has 5 heteroatoms. The zero-order chi connectivity index (χ0) is 10.7. The van der Waals surface area contributed by atoms with Gasteiger partial charge in [-0.2, -0.15) is 0 Å². The second kappa shape index (κ2) is 4.23. The zero-order valence-electron chi connectivity index (χ0n) is 8.11. The van der Waals surface area contributed by atoms with E-state index in [0.717, 1.165) is 5.69 Å². The van der Waals surface area contributed by atoms with E-state index in [4.69, 9.17) is 11.6 Å². The number of pyridine rings is 1. The second-order valence-corrected chi connectivity index (χ2v) is 3.25. The fourth-order valence-electron chi connectivity index (χ4n) is 1.17. The average Bonchev–Trinajstić information content (AvgIpc) is 2.29. The number of nitrogens with zero attached hydrogens (tertiary/aromatic N) is 3. The Morgan fingerprint density at radius 3 is 2.73 bits per heavy atom. The fourth-order valence-corrected chi connectivity index (χ4v) is 1.36. The Kier molecular flexibility index (Phi) is 2.78. The molecule has 0 saturated heterocycles. The van der Waals surface area contributed by atoms with Gasteiger partial charge < -0.3 is 5.32 Å². The number of aromatic nitrogens is 3. The lowest BCUT2D eigenvalue weighted by molar-refractivity contribution is 1.14. The van der Waals surface area contributed by atoms with E-state index < -0.39 is 0 Å². The summed E-state index contributed by atoms with van der Waals surface area (Å²) in [5.41, 5.74) is 1.48. The molecule has 0 bridgehead atoms. The van der Waals surface area contributed by atoms with Crippen molar-refractivity contribution >= 4 is 17.5 Å². The molecule has 2 rings (SSSR count). The summed E-state index contributed by atoms with van der Waals surface area (Å²) in [6.07, 6.45) is 1.71. The van der Waals surface area contributed by atoms with Crippen LogP contribution in [0.2, 0.25) is 5.15 Å². The van der Waals surface area contributed by atoms with E-state index in [-0.39, 0.29) is 0 Å². The van der Waals surface area contributed by atoms with Crippen LogP contribution in [0.3, 0.4) is 0 Å². The van der Waals surface area contributed by atoms with Gasteiger partial charge in [-0.25, -0.2) is 9.97 Å². The highest BCUT2D eigenvalue weighted by molar-refractivity contribution is 6.29. The molecule has 0 atom stereocenters. The van der Waals surface area contributed by atoms with Crippen molar-refractivity contribution in [3.05, 3.63) is 35.6 Å². The maximum absolute atomic E-state index is 5.86. The fraction of sp³-hybridized carbons (Fsp3) is 0.100. The molecule has 2 aromatic heterocycles. The lowest BCUT2D eigenvalue weighted by Crippen LogP contribution is -1.98. The molecular formula is C10H9ClN4. The van der Waals surface area contributed by atoms with Crippen LogP contribution in [0.5, 0.6) is 0 Å². The molecule has 0 saturated carbocycles. The minimum Gasteiger partial charge on any atom is -0.357 e. The molecule has 2 aromatic rings. The minimum atomic E-state index is 0.398. The van der Waals surface area contributed by atoms with Gasteiger partial charge in [-0.3, -0.25) is 4.98 Å². The molecule has 4 nitrogen and oxygen atoms in total. The zero-order valence-corrected chi connectivity index (χ0v) is 8.86. The molecule has 0 aliphatic rings. The van der Waals surface area contributed by atoms with Crippen LogP contribution in [-0.4, -0.2) is 22.0 Å². The Morgan fingerprint density at radius 2 is 2.07 bits per heavy atom. The normalized spacial score (nSPS) is 10.0. The third-order valence-corrected chi connectivity index (χ3v) is 2.04. The van der Waals surface area contributed by atoms with Gasteiger partial charge in [-0.1, -0.05) is 17.7 Å². The van der Waals surface area contributed by atoms with Crippen molar-refractivity contribution in [2.75, 3.05) is 12.4 Å². The molecule has 15 heavy (non-hydrogen) atoms. The first-order valence-corrected chi connectivity index (χ1v) is 4.81. The highest BCUT2D eigenvalue weighted by atomic mass is 35.5. The Hall–Kier alpha value is -1.68. The Balaban J connectivity index is 2.49. The van der Waals surface area contributed by atoms with Gasteiger partial charge in [0.05, 0.1) is 11.4 Å². The van der Waals surface area contributed by atoms with Crippen LogP contribution < -0.4 is 5.32 Å². The van der Waals surface area contributed by atoms with E-state index in [1.165, 1.54) is 0 Å². The summed E-state index contributed by atoms with van der Waals surface area (Å²) >= 11 is 5.86. The monoisotopic (exact) mass is 220 g/mol.